The summed E-state index contributed by atoms with van der Waals surface area (Å²) in [5, 5.41) is 9.72. The topological polar surface area (TPSA) is 88.1 Å². The van der Waals surface area contributed by atoms with Crippen LogP contribution < -0.4 is 15.9 Å². The monoisotopic (exact) mass is 308 g/mol. The van der Waals surface area contributed by atoms with Gasteiger partial charge in [0.05, 0.1) is 6.54 Å². The molecule has 0 aliphatic rings. The standard InChI is InChI=1S/C17H17N5O/c1-3-4-7-21-15(19)12(9-18)8-13-16(21)20-14-6-5-11(2)10-22(14)17(13)23/h5-6,8,10,19H,3-4,7H2,1-2H3/p+1. The summed E-state index contributed by atoms with van der Waals surface area (Å²) in [6.45, 7) is 4.62. The maximum Gasteiger partial charge on any atom is 0.278 e. The minimum absolute atomic E-state index is 0.185. The van der Waals surface area contributed by atoms with E-state index in [4.69, 9.17) is 5.73 Å². The molecule has 0 radical (unpaired) electrons. The molecule has 23 heavy (non-hydrogen) atoms. The second kappa shape index (κ2) is 5.69. The van der Waals surface area contributed by atoms with Crippen LogP contribution in [0.3, 0.4) is 0 Å². The third-order valence-electron chi connectivity index (χ3n) is 3.95. The predicted octanol–water partition coefficient (Wildman–Crippen LogP) is 1.70. The molecule has 0 bridgehead atoms. The van der Waals surface area contributed by atoms with Crippen LogP contribution in [0.1, 0.15) is 30.9 Å². The number of rotatable bonds is 3. The van der Waals surface area contributed by atoms with Gasteiger partial charge in [0.15, 0.2) is 0 Å². The van der Waals surface area contributed by atoms with Crippen molar-refractivity contribution >= 4 is 22.5 Å². The fourth-order valence-electron chi connectivity index (χ4n) is 2.69. The number of unbranched alkanes of at least 4 members (excludes halogenated alkanes) is 1. The molecule has 2 N–H and O–H groups in total. The molecular formula is C17H18N5O+. The fraction of sp³-hybridized carbons (Fsp3) is 0.294. The Morgan fingerprint density at radius 1 is 1.43 bits per heavy atom. The van der Waals surface area contributed by atoms with Crippen LogP contribution in [0.25, 0.3) is 16.7 Å². The summed E-state index contributed by atoms with van der Waals surface area (Å²) in [4.78, 5) is 17.4. The molecule has 6 nitrogen and oxygen atoms in total. The molecule has 0 unspecified atom stereocenters. The fourth-order valence-corrected chi connectivity index (χ4v) is 2.69. The zero-order valence-electron chi connectivity index (χ0n) is 13.2. The Bertz CT molecular complexity index is 1010. The highest BCUT2D eigenvalue weighted by molar-refractivity contribution is 5.76. The third-order valence-corrected chi connectivity index (χ3v) is 3.95. The van der Waals surface area contributed by atoms with Crippen LogP contribution in [0.5, 0.6) is 0 Å². The van der Waals surface area contributed by atoms with Crippen molar-refractivity contribution in [2.75, 3.05) is 5.73 Å². The molecule has 3 rings (SSSR count). The largest absolute Gasteiger partial charge is 0.317 e. The van der Waals surface area contributed by atoms with Crippen molar-refractivity contribution in [2.45, 2.75) is 33.2 Å². The van der Waals surface area contributed by atoms with Gasteiger partial charge in [-0.05, 0) is 31.0 Å². The summed E-state index contributed by atoms with van der Waals surface area (Å²) in [6.07, 6.45) is 3.63. The molecule has 3 aromatic heterocycles. The first-order valence-electron chi connectivity index (χ1n) is 7.62. The minimum atomic E-state index is -0.185. The lowest BCUT2D eigenvalue weighted by Gasteiger charge is -2.09. The molecule has 0 saturated carbocycles. The van der Waals surface area contributed by atoms with Gasteiger partial charge in [-0.2, -0.15) is 5.26 Å². The normalized spacial score (nSPS) is 11.0. The van der Waals surface area contributed by atoms with Gasteiger partial charge in [0.25, 0.3) is 11.2 Å². The van der Waals surface area contributed by atoms with E-state index < -0.39 is 0 Å². The first kappa shape index (κ1) is 15.0. The number of nitrogens with zero attached hydrogens (tertiary/aromatic N) is 4. The number of hydrogen-bond acceptors (Lipinski definition) is 4. The molecule has 0 atom stereocenters. The lowest BCUT2D eigenvalue weighted by atomic mass is 10.2. The Hall–Kier alpha value is -2.94. The Kier molecular flexibility index (Phi) is 3.70. The average molecular weight is 308 g/mol. The van der Waals surface area contributed by atoms with E-state index in [9.17, 15) is 10.1 Å². The van der Waals surface area contributed by atoms with E-state index in [1.807, 2.05) is 19.1 Å². The van der Waals surface area contributed by atoms with Crippen molar-refractivity contribution in [1.82, 2.24) is 9.38 Å². The van der Waals surface area contributed by atoms with Gasteiger partial charge in [-0.25, -0.2) is 4.57 Å². The smallest absolute Gasteiger partial charge is 0.278 e. The maximum absolute atomic E-state index is 12.8. The minimum Gasteiger partial charge on any atom is -0.317 e. The molecule has 0 aromatic carbocycles. The van der Waals surface area contributed by atoms with Crippen LogP contribution in [0.4, 0.5) is 5.82 Å². The number of pyridine rings is 2. The van der Waals surface area contributed by atoms with Gasteiger partial charge in [-0.1, -0.05) is 24.4 Å². The number of nitriles is 1. The first-order chi connectivity index (χ1) is 11.1. The molecule has 0 aliphatic carbocycles. The third kappa shape index (κ3) is 2.40. The van der Waals surface area contributed by atoms with Crippen LogP contribution in [0, 0.1) is 18.3 Å². The maximum atomic E-state index is 12.8. The number of anilines is 1. The van der Waals surface area contributed by atoms with Crippen molar-refractivity contribution < 1.29 is 4.57 Å². The van der Waals surface area contributed by atoms with E-state index in [1.54, 1.807) is 10.8 Å². The molecule has 3 aromatic rings. The van der Waals surface area contributed by atoms with E-state index in [-0.39, 0.29) is 5.56 Å². The molecule has 3 heterocycles. The van der Waals surface area contributed by atoms with Gasteiger partial charge in [0.1, 0.15) is 17.0 Å². The lowest BCUT2D eigenvalue weighted by molar-refractivity contribution is -0.659. The van der Waals surface area contributed by atoms with E-state index in [0.717, 1.165) is 18.4 Å². The van der Waals surface area contributed by atoms with Crippen molar-refractivity contribution in [3.05, 3.63) is 45.9 Å². The summed E-state index contributed by atoms with van der Waals surface area (Å²) < 4.78 is 3.29. The van der Waals surface area contributed by atoms with E-state index in [2.05, 4.69) is 18.0 Å². The van der Waals surface area contributed by atoms with Crippen LogP contribution in [-0.4, -0.2) is 9.38 Å². The van der Waals surface area contributed by atoms with Gasteiger partial charge < -0.3 is 5.73 Å². The highest BCUT2D eigenvalue weighted by atomic mass is 16.1. The van der Waals surface area contributed by atoms with Gasteiger partial charge in [0.2, 0.25) is 11.5 Å². The predicted molar refractivity (Wildman–Crippen MR) is 87.9 cm³/mol. The summed E-state index contributed by atoms with van der Waals surface area (Å²) in [5.41, 5.74) is 8.30. The summed E-state index contributed by atoms with van der Waals surface area (Å²) >= 11 is 0. The first-order valence-corrected chi connectivity index (χ1v) is 7.62. The Morgan fingerprint density at radius 2 is 2.22 bits per heavy atom. The Balaban J connectivity index is 2.47. The van der Waals surface area contributed by atoms with E-state index in [1.165, 1.54) is 10.5 Å². The van der Waals surface area contributed by atoms with Crippen molar-refractivity contribution in [3.63, 3.8) is 0 Å². The highest BCUT2D eigenvalue weighted by Gasteiger charge is 2.20. The van der Waals surface area contributed by atoms with Gasteiger partial charge >= 0.3 is 0 Å². The average Bonchev–Trinajstić information content (AvgIpc) is 2.55. The molecule has 0 amide bonds. The second-order valence-electron chi connectivity index (χ2n) is 5.65. The van der Waals surface area contributed by atoms with Crippen LogP contribution >= 0.6 is 0 Å². The molecule has 116 valence electrons. The van der Waals surface area contributed by atoms with Gasteiger partial charge in [-0.15, -0.1) is 0 Å². The number of hydrogen-bond donors (Lipinski definition) is 1. The molecule has 0 fully saturated rings. The Labute approximate surface area is 133 Å². The SMILES string of the molecule is CCCC[n+]1c(N)c(C#N)cc2c(=O)n3cc(C)ccc3nc21. The number of fused-ring (bicyclic) bond motifs is 2. The molecular weight excluding hydrogens is 290 g/mol. The number of aryl methyl sites for hydroxylation is 2. The van der Waals surface area contributed by atoms with E-state index >= 15 is 0 Å². The molecule has 0 saturated heterocycles. The van der Waals surface area contributed by atoms with Crippen molar-refractivity contribution in [3.8, 4) is 6.07 Å². The molecule has 6 heteroatoms. The number of aromatic nitrogens is 3. The number of nitrogen functional groups attached to an aromatic ring is 1. The van der Waals surface area contributed by atoms with Crippen molar-refractivity contribution in [2.24, 2.45) is 0 Å². The van der Waals surface area contributed by atoms with Crippen LogP contribution in [0.2, 0.25) is 0 Å². The molecule has 0 aliphatic heterocycles. The summed E-state index contributed by atoms with van der Waals surface area (Å²) in [5.74, 6) is 0.358. The van der Waals surface area contributed by atoms with Gasteiger partial charge in [0, 0.05) is 6.20 Å². The summed E-state index contributed by atoms with van der Waals surface area (Å²) in [6, 6.07) is 7.34. The Morgan fingerprint density at radius 3 is 2.91 bits per heavy atom. The zero-order chi connectivity index (χ0) is 16.6. The number of nitrogens with two attached hydrogens (primary N) is 1. The summed E-state index contributed by atoms with van der Waals surface area (Å²) in [7, 11) is 0. The lowest BCUT2D eigenvalue weighted by Crippen LogP contribution is -2.41. The highest BCUT2D eigenvalue weighted by Crippen LogP contribution is 2.14. The van der Waals surface area contributed by atoms with Crippen LogP contribution in [-0.2, 0) is 6.54 Å². The molecule has 0 spiro atoms. The quantitative estimate of drug-likeness (QED) is 0.589. The van der Waals surface area contributed by atoms with Crippen molar-refractivity contribution in [1.29, 1.82) is 5.26 Å². The zero-order valence-corrected chi connectivity index (χ0v) is 13.2. The van der Waals surface area contributed by atoms with Gasteiger partial charge in [-0.3, -0.25) is 9.20 Å². The second-order valence-corrected chi connectivity index (χ2v) is 5.65. The van der Waals surface area contributed by atoms with E-state index in [0.29, 0.717) is 34.6 Å². The van der Waals surface area contributed by atoms with Crippen LogP contribution in [0.15, 0.2) is 29.2 Å².